The van der Waals surface area contributed by atoms with Gasteiger partial charge in [0.25, 0.3) is 0 Å². The second kappa shape index (κ2) is 8.13. The van der Waals surface area contributed by atoms with Crippen LogP contribution in [-0.4, -0.2) is 25.4 Å². The number of hydrogen-bond donors (Lipinski definition) is 0. The predicted molar refractivity (Wildman–Crippen MR) is 117 cm³/mol. The summed E-state index contributed by atoms with van der Waals surface area (Å²) in [5.41, 5.74) is 6.25. The molecule has 0 aromatic heterocycles. The van der Waals surface area contributed by atoms with E-state index < -0.39 is 0 Å². The average Bonchev–Trinajstić information content (AvgIpc) is 3.37. The van der Waals surface area contributed by atoms with Gasteiger partial charge in [-0.3, -0.25) is 0 Å². The van der Waals surface area contributed by atoms with Gasteiger partial charge < -0.3 is 4.90 Å². The van der Waals surface area contributed by atoms with E-state index in [-0.39, 0.29) is 7.92 Å². The van der Waals surface area contributed by atoms with Gasteiger partial charge in [0.1, 0.15) is 0 Å². The van der Waals surface area contributed by atoms with Gasteiger partial charge in [0, 0.05) is 25.1 Å². The number of nitrogens with zero attached hydrogens (tertiary/aromatic N) is 1. The van der Waals surface area contributed by atoms with Gasteiger partial charge in [0.15, 0.2) is 0 Å². The SMILES string of the molecule is CN(C)c1cccc(-c2ccccc2)c1P(C1CCCC1)C1CCCC1. The normalized spacial score (nSPS) is 18.7. The van der Waals surface area contributed by atoms with Crippen molar-refractivity contribution in [3.63, 3.8) is 0 Å². The van der Waals surface area contributed by atoms with E-state index >= 15 is 0 Å². The summed E-state index contributed by atoms with van der Waals surface area (Å²) in [4.78, 5) is 2.36. The Morgan fingerprint density at radius 1 is 0.731 bits per heavy atom. The zero-order valence-electron chi connectivity index (χ0n) is 16.3. The monoisotopic (exact) mass is 365 g/mol. The van der Waals surface area contributed by atoms with Crippen LogP contribution >= 0.6 is 7.92 Å². The first-order valence-electron chi connectivity index (χ1n) is 10.4. The van der Waals surface area contributed by atoms with Crippen LogP contribution in [0.25, 0.3) is 11.1 Å². The first kappa shape index (κ1) is 18.1. The quantitative estimate of drug-likeness (QED) is 0.553. The van der Waals surface area contributed by atoms with Crippen molar-refractivity contribution in [1.29, 1.82) is 0 Å². The molecule has 138 valence electrons. The van der Waals surface area contributed by atoms with Crippen LogP contribution in [0.5, 0.6) is 0 Å². The van der Waals surface area contributed by atoms with Gasteiger partial charge in [-0.15, -0.1) is 0 Å². The Morgan fingerprint density at radius 3 is 1.85 bits per heavy atom. The molecule has 0 unspecified atom stereocenters. The fourth-order valence-corrected chi connectivity index (χ4v) is 9.23. The van der Waals surface area contributed by atoms with Crippen LogP contribution in [0, 0.1) is 0 Å². The first-order valence-corrected chi connectivity index (χ1v) is 11.9. The number of hydrogen-bond acceptors (Lipinski definition) is 1. The lowest BCUT2D eigenvalue weighted by atomic mass is 10.0. The smallest absolute Gasteiger partial charge is 0.0445 e. The molecule has 2 fully saturated rings. The van der Waals surface area contributed by atoms with Gasteiger partial charge in [-0.25, -0.2) is 0 Å². The molecule has 2 aliphatic carbocycles. The third-order valence-corrected chi connectivity index (χ3v) is 9.87. The lowest BCUT2D eigenvalue weighted by molar-refractivity contribution is 0.835. The molecular weight excluding hydrogens is 333 g/mol. The molecule has 2 aromatic carbocycles. The minimum Gasteiger partial charge on any atom is -0.377 e. The van der Waals surface area contributed by atoms with Crippen molar-refractivity contribution in [1.82, 2.24) is 0 Å². The Hall–Kier alpha value is -1.33. The minimum absolute atomic E-state index is 0.0973. The summed E-state index contributed by atoms with van der Waals surface area (Å²) < 4.78 is 0. The standard InChI is InChI=1S/C24H32NP/c1-25(2)23-18-10-17-22(19-11-4-3-5-12-19)24(23)26(20-13-6-7-14-20)21-15-8-9-16-21/h3-5,10-12,17-18,20-21H,6-9,13-16H2,1-2H3. The highest BCUT2D eigenvalue weighted by Gasteiger charge is 2.36. The van der Waals surface area contributed by atoms with E-state index in [9.17, 15) is 0 Å². The van der Waals surface area contributed by atoms with Gasteiger partial charge in [-0.1, -0.05) is 76.1 Å². The molecule has 0 heterocycles. The predicted octanol–water partition coefficient (Wildman–Crippen LogP) is 6.41. The summed E-state index contributed by atoms with van der Waals surface area (Å²) in [5.74, 6) is 0. The van der Waals surface area contributed by atoms with E-state index in [2.05, 4.69) is 67.5 Å². The third-order valence-electron chi connectivity index (χ3n) is 6.28. The molecule has 0 aliphatic heterocycles. The van der Waals surface area contributed by atoms with E-state index in [1.165, 1.54) is 68.2 Å². The van der Waals surface area contributed by atoms with Crippen molar-refractivity contribution < 1.29 is 0 Å². The Bertz CT molecular complexity index is 696. The molecule has 26 heavy (non-hydrogen) atoms. The second-order valence-corrected chi connectivity index (χ2v) is 10.9. The van der Waals surface area contributed by atoms with Gasteiger partial charge in [0.2, 0.25) is 0 Å². The fourth-order valence-electron chi connectivity index (χ4n) is 5.04. The molecule has 2 saturated carbocycles. The van der Waals surface area contributed by atoms with Crippen molar-refractivity contribution in [2.45, 2.75) is 62.7 Å². The van der Waals surface area contributed by atoms with E-state index in [0.29, 0.717) is 0 Å². The maximum Gasteiger partial charge on any atom is 0.0445 e. The number of rotatable bonds is 5. The van der Waals surface area contributed by atoms with Crippen molar-refractivity contribution in [2.75, 3.05) is 19.0 Å². The molecule has 0 spiro atoms. The average molecular weight is 366 g/mol. The fraction of sp³-hybridized carbons (Fsp3) is 0.500. The lowest BCUT2D eigenvalue weighted by Crippen LogP contribution is -2.26. The Balaban J connectivity index is 1.88. The minimum atomic E-state index is -0.0973. The summed E-state index contributed by atoms with van der Waals surface area (Å²) in [6, 6.07) is 18.1. The van der Waals surface area contributed by atoms with E-state index in [0.717, 1.165) is 11.3 Å². The third kappa shape index (κ3) is 3.56. The maximum absolute atomic E-state index is 2.39. The topological polar surface area (TPSA) is 3.24 Å². The molecule has 1 nitrogen and oxygen atoms in total. The van der Waals surface area contributed by atoms with Crippen LogP contribution in [-0.2, 0) is 0 Å². The summed E-state index contributed by atoms with van der Waals surface area (Å²) in [5, 5.41) is 1.71. The highest BCUT2D eigenvalue weighted by Crippen LogP contribution is 2.58. The Labute approximate surface area is 160 Å². The van der Waals surface area contributed by atoms with Gasteiger partial charge in [-0.05, 0) is 54.2 Å². The molecule has 0 saturated heterocycles. The molecule has 0 N–H and O–H groups in total. The van der Waals surface area contributed by atoms with E-state index in [1.54, 1.807) is 5.30 Å². The zero-order valence-corrected chi connectivity index (χ0v) is 17.2. The second-order valence-electron chi connectivity index (χ2n) is 8.22. The van der Waals surface area contributed by atoms with Crippen LogP contribution in [0.15, 0.2) is 48.5 Å². The molecule has 2 aromatic rings. The van der Waals surface area contributed by atoms with Crippen LogP contribution in [0.2, 0.25) is 0 Å². The Morgan fingerprint density at radius 2 is 1.31 bits per heavy atom. The molecule has 0 radical (unpaired) electrons. The summed E-state index contributed by atoms with van der Waals surface area (Å²) in [6.45, 7) is 0. The molecule has 0 bridgehead atoms. The van der Waals surface area contributed by atoms with Gasteiger partial charge >= 0.3 is 0 Å². The highest BCUT2D eigenvalue weighted by atomic mass is 31.1. The molecule has 2 aliphatic rings. The largest absolute Gasteiger partial charge is 0.377 e. The summed E-state index contributed by atoms with van der Waals surface area (Å²) in [7, 11) is 4.36. The zero-order chi connectivity index (χ0) is 17.9. The number of anilines is 1. The molecule has 4 rings (SSSR count). The molecule has 2 heteroatoms. The van der Waals surface area contributed by atoms with Crippen molar-refractivity contribution in [3.8, 4) is 11.1 Å². The van der Waals surface area contributed by atoms with Gasteiger partial charge in [0.05, 0.1) is 0 Å². The van der Waals surface area contributed by atoms with E-state index in [4.69, 9.17) is 0 Å². The van der Waals surface area contributed by atoms with Gasteiger partial charge in [-0.2, -0.15) is 0 Å². The van der Waals surface area contributed by atoms with Crippen LogP contribution in [0.3, 0.4) is 0 Å². The molecule has 0 amide bonds. The summed E-state index contributed by atoms with van der Waals surface area (Å²) >= 11 is 0. The highest BCUT2D eigenvalue weighted by molar-refractivity contribution is 7.67. The Kier molecular flexibility index (Phi) is 5.65. The lowest BCUT2D eigenvalue weighted by Gasteiger charge is -2.35. The van der Waals surface area contributed by atoms with Crippen LogP contribution in [0.1, 0.15) is 51.4 Å². The van der Waals surface area contributed by atoms with Crippen LogP contribution in [0.4, 0.5) is 5.69 Å². The van der Waals surface area contributed by atoms with Crippen molar-refractivity contribution in [3.05, 3.63) is 48.5 Å². The van der Waals surface area contributed by atoms with Crippen molar-refractivity contribution >= 4 is 18.9 Å². The first-order chi connectivity index (χ1) is 12.8. The molecular formula is C24H32NP. The van der Waals surface area contributed by atoms with Crippen LogP contribution < -0.4 is 10.2 Å². The van der Waals surface area contributed by atoms with E-state index in [1.807, 2.05) is 0 Å². The number of benzene rings is 2. The molecule has 0 atom stereocenters. The summed E-state index contributed by atoms with van der Waals surface area (Å²) in [6.07, 6.45) is 11.6. The van der Waals surface area contributed by atoms with Crippen molar-refractivity contribution in [2.24, 2.45) is 0 Å². The maximum atomic E-state index is 2.39.